The topological polar surface area (TPSA) is 68.7 Å². The van der Waals surface area contributed by atoms with Crippen LogP contribution in [0.15, 0.2) is 58.1 Å². The molecule has 0 atom stereocenters. The molecule has 0 unspecified atom stereocenters. The highest BCUT2D eigenvalue weighted by Gasteiger charge is 2.21. The molecule has 30 heavy (non-hydrogen) atoms. The van der Waals surface area contributed by atoms with Crippen LogP contribution in [-0.4, -0.2) is 18.8 Å². The Balaban J connectivity index is 1.72. The van der Waals surface area contributed by atoms with Crippen molar-refractivity contribution in [1.82, 2.24) is 18.8 Å². The lowest BCUT2D eigenvalue weighted by Crippen LogP contribution is -2.06. The number of imidazole rings is 2. The Morgan fingerprint density at radius 1 is 0.600 bits per heavy atom. The maximum atomic E-state index is 13.7. The van der Waals surface area contributed by atoms with Gasteiger partial charge in [-0.2, -0.15) is 0 Å². The van der Waals surface area contributed by atoms with Crippen LogP contribution in [0.2, 0.25) is 0 Å². The predicted octanol–water partition coefficient (Wildman–Crippen LogP) is 3.47. The van der Waals surface area contributed by atoms with Crippen LogP contribution in [0.1, 0.15) is 0 Å². The number of hydrogen-bond acceptors (Lipinski definition) is 4. The molecule has 6 nitrogen and oxygen atoms in total. The number of halogens is 2. The molecule has 0 aliphatic carbocycles. The van der Waals surface area contributed by atoms with Crippen molar-refractivity contribution in [2.24, 2.45) is 0 Å². The first kappa shape index (κ1) is 15.7. The fourth-order valence-corrected chi connectivity index (χ4v) is 4.43. The molecule has 7 aromatic rings. The zero-order chi connectivity index (χ0) is 20.3. The molecule has 4 aromatic heterocycles. The molecular weight excluding hydrogens is 390 g/mol. The molecule has 0 fully saturated rings. The first-order valence-electron chi connectivity index (χ1n) is 9.15. The van der Waals surface area contributed by atoms with Gasteiger partial charge in [0.25, 0.3) is 11.1 Å². The number of aromatic nitrogens is 4. The molecule has 0 saturated heterocycles. The summed E-state index contributed by atoms with van der Waals surface area (Å²) < 4.78 is 30.2. The molecule has 0 aliphatic rings. The van der Waals surface area contributed by atoms with Gasteiger partial charge in [-0.25, -0.2) is 18.7 Å². The lowest BCUT2D eigenvalue weighted by molar-refractivity contribution is 0.629. The van der Waals surface area contributed by atoms with Crippen LogP contribution in [-0.2, 0) is 0 Å². The zero-order valence-electron chi connectivity index (χ0n) is 15.0. The van der Waals surface area contributed by atoms with Crippen molar-refractivity contribution >= 4 is 54.9 Å². The fourth-order valence-electron chi connectivity index (χ4n) is 4.43. The van der Waals surface area contributed by atoms with Crippen LogP contribution >= 0.6 is 0 Å². The van der Waals surface area contributed by atoms with Gasteiger partial charge in [0.1, 0.15) is 22.9 Å². The van der Waals surface area contributed by atoms with E-state index in [1.807, 2.05) is 0 Å². The maximum absolute atomic E-state index is 13.7. The van der Waals surface area contributed by atoms with Gasteiger partial charge in [0.05, 0.1) is 32.8 Å². The minimum absolute atomic E-state index is 0.344. The van der Waals surface area contributed by atoms with Crippen LogP contribution in [0, 0.1) is 11.6 Å². The molecule has 4 heterocycles. The van der Waals surface area contributed by atoms with Gasteiger partial charge < -0.3 is 0 Å². The zero-order valence-corrected chi connectivity index (χ0v) is 15.0. The summed E-state index contributed by atoms with van der Waals surface area (Å²) in [6.07, 6.45) is 0. The molecule has 0 radical (unpaired) electrons. The third kappa shape index (κ3) is 1.68. The summed E-state index contributed by atoms with van der Waals surface area (Å²) in [5.74, 6) is -0.930. The highest BCUT2D eigenvalue weighted by atomic mass is 19.1. The Kier molecular flexibility index (Phi) is 2.54. The third-order valence-corrected chi connectivity index (χ3v) is 5.74. The van der Waals surface area contributed by atoms with Gasteiger partial charge in [-0.3, -0.25) is 18.4 Å². The summed E-state index contributed by atoms with van der Waals surface area (Å²) in [7, 11) is 0. The molecule has 0 amide bonds. The molecule has 0 bridgehead atoms. The highest BCUT2D eigenvalue weighted by Crippen LogP contribution is 2.30. The molecule has 7 rings (SSSR count). The SMILES string of the molecule is O=c1c2cc3c(cc2c2nc4ccc(F)cc4n12)c(=O)n1c2cc(F)ccc2nc31. The number of benzene rings is 3. The van der Waals surface area contributed by atoms with E-state index in [1.54, 1.807) is 12.1 Å². The molecular formula is C22H8F2N4O2. The first-order valence-corrected chi connectivity index (χ1v) is 9.15. The minimum Gasteiger partial charge on any atom is -0.268 e. The Hall–Kier alpha value is -4.20. The summed E-state index contributed by atoms with van der Waals surface area (Å²) in [4.78, 5) is 35.2. The van der Waals surface area contributed by atoms with E-state index in [0.29, 0.717) is 54.9 Å². The highest BCUT2D eigenvalue weighted by molar-refractivity contribution is 6.11. The van der Waals surface area contributed by atoms with Crippen molar-refractivity contribution in [3.63, 3.8) is 0 Å². The van der Waals surface area contributed by atoms with Crippen molar-refractivity contribution in [2.45, 2.75) is 0 Å². The molecule has 3 aromatic carbocycles. The molecule has 0 saturated carbocycles. The third-order valence-electron chi connectivity index (χ3n) is 5.74. The standard InChI is InChI=1S/C22H8F2N4O2/c23-9-1-3-15-17(5-9)27-19(25-15)11-7-14-12(8-13(11)21(27)29)20-26-16-4-2-10(24)6-18(16)28(20)22(14)30/h1-8H. The van der Waals surface area contributed by atoms with Gasteiger partial charge in [0, 0.05) is 22.9 Å². The Labute approximate surface area is 163 Å². The van der Waals surface area contributed by atoms with Crippen molar-refractivity contribution in [2.75, 3.05) is 0 Å². The maximum Gasteiger partial charge on any atom is 0.264 e. The van der Waals surface area contributed by atoms with Crippen molar-refractivity contribution < 1.29 is 8.78 Å². The van der Waals surface area contributed by atoms with E-state index in [1.165, 1.54) is 45.2 Å². The van der Waals surface area contributed by atoms with Gasteiger partial charge in [0.15, 0.2) is 0 Å². The van der Waals surface area contributed by atoms with Crippen LogP contribution in [0.5, 0.6) is 0 Å². The van der Waals surface area contributed by atoms with Gasteiger partial charge in [0.2, 0.25) is 0 Å². The Bertz CT molecular complexity index is 1830. The van der Waals surface area contributed by atoms with E-state index in [2.05, 4.69) is 9.97 Å². The summed E-state index contributed by atoms with van der Waals surface area (Å²) >= 11 is 0. The van der Waals surface area contributed by atoms with E-state index >= 15 is 0 Å². The molecule has 0 aliphatic heterocycles. The number of hydrogen-bond donors (Lipinski definition) is 0. The summed E-state index contributed by atoms with van der Waals surface area (Å²) in [6, 6.07) is 11.4. The minimum atomic E-state index is -0.465. The van der Waals surface area contributed by atoms with Gasteiger partial charge in [-0.15, -0.1) is 0 Å². The van der Waals surface area contributed by atoms with Crippen molar-refractivity contribution in [1.29, 1.82) is 0 Å². The van der Waals surface area contributed by atoms with E-state index < -0.39 is 11.6 Å². The average Bonchev–Trinajstić information content (AvgIpc) is 3.42. The molecule has 142 valence electrons. The molecule has 0 N–H and O–H groups in total. The number of rotatable bonds is 0. The second kappa shape index (κ2) is 4.85. The first-order chi connectivity index (χ1) is 14.5. The second-order valence-electron chi connectivity index (χ2n) is 7.36. The Morgan fingerprint density at radius 2 is 1.03 bits per heavy atom. The largest absolute Gasteiger partial charge is 0.268 e. The summed E-state index contributed by atoms with van der Waals surface area (Å²) in [6.45, 7) is 0. The lowest BCUT2D eigenvalue weighted by atomic mass is 10.1. The Morgan fingerprint density at radius 3 is 1.47 bits per heavy atom. The van der Waals surface area contributed by atoms with Crippen LogP contribution in [0.25, 0.3) is 54.9 Å². The number of fused-ring (bicyclic) bond motifs is 10. The monoisotopic (exact) mass is 398 g/mol. The smallest absolute Gasteiger partial charge is 0.264 e. The van der Waals surface area contributed by atoms with Crippen LogP contribution in [0.4, 0.5) is 8.78 Å². The molecule has 0 spiro atoms. The van der Waals surface area contributed by atoms with Gasteiger partial charge >= 0.3 is 0 Å². The van der Waals surface area contributed by atoms with Gasteiger partial charge in [-0.1, -0.05) is 0 Å². The summed E-state index contributed by atoms with van der Waals surface area (Å²) in [5, 5.41) is 1.73. The quantitative estimate of drug-likeness (QED) is 0.392. The van der Waals surface area contributed by atoms with Gasteiger partial charge in [-0.05, 0) is 36.4 Å². The van der Waals surface area contributed by atoms with E-state index in [-0.39, 0.29) is 11.1 Å². The van der Waals surface area contributed by atoms with E-state index in [0.717, 1.165) is 0 Å². The van der Waals surface area contributed by atoms with Crippen LogP contribution in [0.3, 0.4) is 0 Å². The summed E-state index contributed by atoms with van der Waals surface area (Å²) in [5.41, 5.74) is 1.78. The van der Waals surface area contributed by atoms with E-state index in [4.69, 9.17) is 0 Å². The fraction of sp³-hybridized carbons (Fsp3) is 0. The molecule has 8 heteroatoms. The van der Waals surface area contributed by atoms with Crippen molar-refractivity contribution in [3.8, 4) is 0 Å². The van der Waals surface area contributed by atoms with Crippen LogP contribution < -0.4 is 11.1 Å². The second-order valence-corrected chi connectivity index (χ2v) is 7.36. The predicted molar refractivity (Wildman–Crippen MR) is 109 cm³/mol. The lowest BCUT2D eigenvalue weighted by Gasteiger charge is -1.92. The van der Waals surface area contributed by atoms with E-state index in [9.17, 15) is 18.4 Å². The van der Waals surface area contributed by atoms with Crippen molar-refractivity contribution in [3.05, 3.63) is 80.9 Å². The normalized spacial score (nSPS) is 12.6. The average molecular weight is 398 g/mol. The number of nitrogens with zero attached hydrogens (tertiary/aromatic N) is 4.